The van der Waals surface area contributed by atoms with Gasteiger partial charge in [-0.3, -0.25) is 0 Å². The first-order valence-corrected chi connectivity index (χ1v) is 30.9. The SMILES string of the molecule is CO[C@H]1O[C@H](/C=C\[C@@H]2O[C@H](CO[Si](c3ccccc3)(c3ccccc3)C(C)(C)C)[C@@H](OCc3ccccc3)[C@H](OCc3ccccc3)[C@H]2OCc2ccccc2)[C@@H](OCc2ccccc2)[C@H](OCc2ccccc2)[C@H]1OCc1ccccc1. The highest BCUT2D eigenvalue weighted by Crippen LogP contribution is 2.39. The van der Waals surface area contributed by atoms with E-state index in [1.54, 1.807) is 7.11 Å². The van der Waals surface area contributed by atoms with Gasteiger partial charge in [-0.05, 0) is 48.8 Å². The Morgan fingerprint density at radius 3 is 0.952 bits per heavy atom. The highest BCUT2D eigenvalue weighted by Gasteiger charge is 2.54. The van der Waals surface area contributed by atoms with Crippen molar-refractivity contribution in [3.05, 3.63) is 288 Å². The zero-order chi connectivity index (χ0) is 57.1. The summed E-state index contributed by atoms with van der Waals surface area (Å²) in [5.74, 6) is 0. The normalized spacial score (nSPS) is 23.0. The monoisotopic (exact) mass is 1130 g/mol. The molecule has 0 bridgehead atoms. The molecule has 2 fully saturated rings. The van der Waals surface area contributed by atoms with Gasteiger partial charge in [0.2, 0.25) is 0 Å². The van der Waals surface area contributed by atoms with E-state index in [2.05, 4.69) is 142 Å². The Labute approximate surface area is 492 Å². The minimum atomic E-state index is -3.12. The molecule has 2 aliphatic heterocycles. The van der Waals surface area contributed by atoms with Crippen molar-refractivity contribution >= 4 is 18.7 Å². The average molecular weight is 1130 g/mol. The summed E-state index contributed by atoms with van der Waals surface area (Å²) in [6.07, 6.45) is -3.05. The summed E-state index contributed by atoms with van der Waals surface area (Å²) in [4.78, 5) is 0. The first-order valence-electron chi connectivity index (χ1n) is 29.0. The quantitative estimate of drug-likeness (QED) is 0.0386. The summed E-state index contributed by atoms with van der Waals surface area (Å²) in [5.41, 5.74) is 6.05. The molecule has 8 aromatic carbocycles. The van der Waals surface area contributed by atoms with E-state index in [-0.39, 0.29) is 24.9 Å². The van der Waals surface area contributed by atoms with Gasteiger partial charge in [0.1, 0.15) is 54.9 Å². The van der Waals surface area contributed by atoms with Gasteiger partial charge in [0, 0.05) is 7.11 Å². The van der Waals surface area contributed by atoms with Crippen LogP contribution in [0.1, 0.15) is 54.2 Å². The molecule has 0 unspecified atom stereocenters. The first-order chi connectivity index (χ1) is 40.8. The van der Waals surface area contributed by atoms with Crippen LogP contribution in [0.5, 0.6) is 0 Å². The Kier molecular flexibility index (Phi) is 21.3. The summed E-state index contributed by atoms with van der Waals surface area (Å²) < 4.78 is 71.3. The molecular weight excluding hydrogens is 1050 g/mol. The maximum Gasteiger partial charge on any atom is 0.261 e. The zero-order valence-corrected chi connectivity index (χ0v) is 49.1. The third-order valence-electron chi connectivity index (χ3n) is 15.5. The van der Waals surface area contributed by atoms with Crippen LogP contribution < -0.4 is 10.4 Å². The van der Waals surface area contributed by atoms with Crippen LogP contribution in [0.25, 0.3) is 0 Å². The van der Waals surface area contributed by atoms with Crippen LogP contribution >= 0.6 is 0 Å². The Balaban J connectivity index is 1.07. The molecule has 2 heterocycles. The van der Waals surface area contributed by atoms with Crippen molar-refractivity contribution in [3.63, 3.8) is 0 Å². The third kappa shape index (κ3) is 15.6. The smallest absolute Gasteiger partial charge is 0.261 e. The summed E-state index contributed by atoms with van der Waals surface area (Å²) in [6, 6.07) is 82.4. The van der Waals surface area contributed by atoms with Crippen LogP contribution in [0.4, 0.5) is 0 Å². The van der Waals surface area contributed by atoms with Gasteiger partial charge in [0.25, 0.3) is 8.32 Å². The maximum absolute atomic E-state index is 7.79. The number of hydrogen-bond acceptors (Lipinski definition) is 10. The largest absolute Gasteiger partial charge is 0.405 e. The minimum Gasteiger partial charge on any atom is -0.405 e. The lowest BCUT2D eigenvalue weighted by atomic mass is 9.92. The number of rotatable bonds is 26. The number of hydrogen-bond donors (Lipinski definition) is 0. The molecule has 10 rings (SSSR count). The van der Waals surface area contributed by atoms with Gasteiger partial charge in [0.05, 0.1) is 46.2 Å². The Hall–Kier alpha value is -6.68. The van der Waals surface area contributed by atoms with Crippen molar-refractivity contribution < 1.29 is 47.1 Å². The fraction of sp³-hybridized carbons (Fsp3) is 0.306. The van der Waals surface area contributed by atoms with Gasteiger partial charge in [-0.1, -0.05) is 276 Å². The van der Waals surface area contributed by atoms with Crippen LogP contribution in [-0.4, -0.2) is 83.3 Å². The predicted molar refractivity (Wildman–Crippen MR) is 327 cm³/mol. The summed E-state index contributed by atoms with van der Waals surface area (Å²) in [7, 11) is -1.48. The second kappa shape index (κ2) is 29.7. The molecule has 10 nitrogen and oxygen atoms in total. The average Bonchev–Trinajstić information content (AvgIpc) is 3.72. The van der Waals surface area contributed by atoms with Crippen molar-refractivity contribution in [2.75, 3.05) is 13.7 Å². The fourth-order valence-corrected chi connectivity index (χ4v) is 15.9. The Morgan fingerprint density at radius 1 is 0.349 bits per heavy atom. The fourth-order valence-electron chi connectivity index (χ4n) is 11.3. The second-order valence-electron chi connectivity index (χ2n) is 22.3. The van der Waals surface area contributed by atoms with E-state index in [0.29, 0.717) is 26.4 Å². The molecule has 10 atom stereocenters. The van der Waals surface area contributed by atoms with Gasteiger partial charge in [0.15, 0.2) is 6.29 Å². The first kappa shape index (κ1) is 59.5. The van der Waals surface area contributed by atoms with E-state index < -0.39 is 69.5 Å². The van der Waals surface area contributed by atoms with Gasteiger partial charge in [-0.2, -0.15) is 0 Å². The van der Waals surface area contributed by atoms with Crippen molar-refractivity contribution in [1.82, 2.24) is 0 Å². The van der Waals surface area contributed by atoms with E-state index in [0.717, 1.165) is 43.8 Å². The van der Waals surface area contributed by atoms with Crippen molar-refractivity contribution in [3.8, 4) is 0 Å². The molecule has 2 saturated heterocycles. The minimum absolute atomic E-state index is 0.179. The number of ether oxygens (including phenoxy) is 9. The van der Waals surface area contributed by atoms with Crippen LogP contribution in [0.15, 0.2) is 255 Å². The summed E-state index contributed by atoms with van der Waals surface area (Å²) in [5, 5.41) is 2.00. The van der Waals surface area contributed by atoms with Crippen LogP contribution in [0.2, 0.25) is 5.04 Å². The van der Waals surface area contributed by atoms with E-state index in [9.17, 15) is 0 Å². The van der Waals surface area contributed by atoms with E-state index in [1.165, 1.54) is 0 Å². The molecular formula is C72H78O10Si. The molecule has 0 spiro atoms. The molecule has 430 valence electrons. The zero-order valence-electron chi connectivity index (χ0n) is 48.1. The molecule has 0 saturated carbocycles. The highest BCUT2D eigenvalue weighted by molar-refractivity contribution is 6.99. The lowest BCUT2D eigenvalue weighted by Crippen LogP contribution is -2.68. The van der Waals surface area contributed by atoms with E-state index in [1.807, 2.05) is 133 Å². The molecule has 0 aromatic heterocycles. The molecule has 83 heavy (non-hydrogen) atoms. The molecule has 0 aliphatic carbocycles. The van der Waals surface area contributed by atoms with E-state index >= 15 is 0 Å². The van der Waals surface area contributed by atoms with Crippen LogP contribution in [0.3, 0.4) is 0 Å². The van der Waals surface area contributed by atoms with Gasteiger partial charge < -0.3 is 47.1 Å². The molecule has 8 aromatic rings. The topological polar surface area (TPSA) is 92.3 Å². The highest BCUT2D eigenvalue weighted by atomic mass is 28.4. The number of methoxy groups -OCH3 is 1. The molecule has 0 amide bonds. The van der Waals surface area contributed by atoms with Crippen LogP contribution in [-0.2, 0) is 86.7 Å². The summed E-state index contributed by atoms with van der Waals surface area (Å²) in [6.45, 7) is 8.81. The Morgan fingerprint density at radius 2 is 0.627 bits per heavy atom. The van der Waals surface area contributed by atoms with E-state index in [4.69, 9.17) is 47.1 Å². The van der Waals surface area contributed by atoms with Crippen molar-refractivity contribution in [1.29, 1.82) is 0 Å². The molecule has 0 radical (unpaired) electrons. The third-order valence-corrected chi connectivity index (χ3v) is 20.5. The second-order valence-corrected chi connectivity index (χ2v) is 26.6. The molecule has 0 N–H and O–H groups in total. The standard InChI is InChI=1S/C72H78O10Si/c1-72(2,3)83(60-41-25-11-26-42-60,61-43-27-12-28-44-61)80-53-64-67(76-49-56-33-17-7-18-34-56)68(77-50-57-35-19-8-20-36-57)65(74-47-54-29-13-5-14-30-54)62(81-64)45-46-63-66(75-48-55-31-15-6-16-32-55)69(78-51-58-37-21-9-22-38-58)70(71(73-4)82-63)79-52-59-39-23-10-24-40-59/h5-46,62-71H,47-53H2,1-4H3/b46-45-/t62-,63+,64+,65-,66+,67+,68+,69-,70+,71-/m0/s1. The van der Waals surface area contributed by atoms with Gasteiger partial charge in [-0.25, -0.2) is 0 Å². The van der Waals surface area contributed by atoms with Crippen molar-refractivity contribution in [2.45, 2.75) is 127 Å². The van der Waals surface area contributed by atoms with Crippen LogP contribution in [0, 0.1) is 0 Å². The number of benzene rings is 8. The lowest BCUT2D eigenvalue weighted by Gasteiger charge is -2.48. The maximum atomic E-state index is 7.79. The lowest BCUT2D eigenvalue weighted by molar-refractivity contribution is -0.309. The summed E-state index contributed by atoms with van der Waals surface area (Å²) >= 11 is 0. The predicted octanol–water partition coefficient (Wildman–Crippen LogP) is 12.8. The molecule has 2 aliphatic rings. The Bertz CT molecular complexity index is 3080. The van der Waals surface area contributed by atoms with Gasteiger partial charge >= 0.3 is 0 Å². The molecule has 11 heteroatoms. The van der Waals surface area contributed by atoms with Gasteiger partial charge in [-0.15, -0.1) is 0 Å². The van der Waals surface area contributed by atoms with Crippen molar-refractivity contribution in [2.24, 2.45) is 0 Å².